The normalized spacial score (nSPS) is 10.6. The lowest BCUT2D eigenvalue weighted by atomic mass is 10.1. The molecule has 2 rings (SSSR count). The minimum Gasteiger partial charge on any atom is -0.326 e. The summed E-state index contributed by atoms with van der Waals surface area (Å²) in [7, 11) is 1.88. The van der Waals surface area contributed by atoms with Gasteiger partial charge in [0.05, 0.1) is 16.2 Å². The molecule has 0 saturated carbocycles. The fourth-order valence-corrected chi connectivity index (χ4v) is 2.13. The van der Waals surface area contributed by atoms with Crippen molar-refractivity contribution in [3.05, 3.63) is 45.7 Å². The van der Waals surface area contributed by atoms with E-state index in [0.717, 1.165) is 11.3 Å². The first-order valence-electron chi connectivity index (χ1n) is 6.19. The number of halogens is 2. The Kier molecular flexibility index (Phi) is 4.68. The zero-order chi connectivity index (χ0) is 14.7. The van der Waals surface area contributed by atoms with Crippen LogP contribution in [0.1, 0.15) is 17.7 Å². The first-order chi connectivity index (χ1) is 9.47. The Morgan fingerprint density at radius 3 is 2.70 bits per heavy atom. The number of rotatable bonds is 4. The van der Waals surface area contributed by atoms with Gasteiger partial charge >= 0.3 is 0 Å². The van der Waals surface area contributed by atoms with Gasteiger partial charge in [0, 0.05) is 24.8 Å². The summed E-state index contributed by atoms with van der Waals surface area (Å²) in [5, 5.41) is 7.84. The number of aromatic nitrogens is 2. The topological polar surface area (TPSA) is 46.9 Å². The van der Waals surface area contributed by atoms with E-state index >= 15 is 0 Å². The standard InChI is InChI=1S/C14H15Cl2N3O/c1-9-10(8-17-19(9)2)3-6-14(20)18-11-4-5-12(15)13(16)7-11/h4-5,7-8H,3,6H2,1-2H3,(H,18,20). The van der Waals surface area contributed by atoms with Gasteiger partial charge in [-0.2, -0.15) is 5.10 Å². The van der Waals surface area contributed by atoms with Crippen LogP contribution < -0.4 is 5.32 Å². The molecule has 0 bridgehead atoms. The van der Waals surface area contributed by atoms with Crippen molar-refractivity contribution in [2.24, 2.45) is 7.05 Å². The molecule has 0 fully saturated rings. The average Bonchev–Trinajstić information content (AvgIpc) is 2.72. The summed E-state index contributed by atoms with van der Waals surface area (Å²) >= 11 is 11.7. The maximum atomic E-state index is 11.9. The van der Waals surface area contributed by atoms with E-state index in [2.05, 4.69) is 10.4 Å². The van der Waals surface area contributed by atoms with E-state index in [1.54, 1.807) is 29.1 Å². The predicted molar refractivity (Wildman–Crippen MR) is 81.4 cm³/mol. The second kappa shape index (κ2) is 6.29. The highest BCUT2D eigenvalue weighted by Gasteiger charge is 2.08. The van der Waals surface area contributed by atoms with Crippen LogP contribution in [0.15, 0.2) is 24.4 Å². The highest BCUT2D eigenvalue weighted by molar-refractivity contribution is 6.42. The molecule has 0 spiro atoms. The number of benzene rings is 1. The third kappa shape index (κ3) is 3.52. The van der Waals surface area contributed by atoms with Crippen LogP contribution in [0.25, 0.3) is 0 Å². The molecule has 6 heteroatoms. The molecule has 0 unspecified atom stereocenters. The van der Waals surface area contributed by atoms with Gasteiger partial charge in [-0.15, -0.1) is 0 Å². The number of carbonyl (C=O) groups excluding carboxylic acids is 1. The van der Waals surface area contributed by atoms with E-state index < -0.39 is 0 Å². The second-order valence-electron chi connectivity index (χ2n) is 4.56. The largest absolute Gasteiger partial charge is 0.326 e. The van der Waals surface area contributed by atoms with E-state index in [4.69, 9.17) is 23.2 Å². The number of nitrogens with zero attached hydrogens (tertiary/aromatic N) is 2. The monoisotopic (exact) mass is 311 g/mol. The maximum absolute atomic E-state index is 11.9. The molecular formula is C14H15Cl2N3O. The first kappa shape index (κ1) is 14.9. The quantitative estimate of drug-likeness (QED) is 0.937. The van der Waals surface area contributed by atoms with Crippen LogP contribution >= 0.6 is 23.2 Å². The fourth-order valence-electron chi connectivity index (χ4n) is 1.84. The van der Waals surface area contributed by atoms with Crippen molar-refractivity contribution < 1.29 is 4.79 Å². The third-order valence-electron chi connectivity index (χ3n) is 3.16. The highest BCUT2D eigenvalue weighted by Crippen LogP contribution is 2.25. The Morgan fingerprint density at radius 2 is 2.10 bits per heavy atom. The summed E-state index contributed by atoms with van der Waals surface area (Å²) in [5.74, 6) is -0.0633. The summed E-state index contributed by atoms with van der Waals surface area (Å²) in [6, 6.07) is 5.02. The van der Waals surface area contributed by atoms with Gasteiger partial charge in [0.25, 0.3) is 0 Å². The van der Waals surface area contributed by atoms with Gasteiger partial charge < -0.3 is 5.32 Å². The van der Waals surface area contributed by atoms with E-state index in [9.17, 15) is 4.79 Å². The molecule has 0 aliphatic carbocycles. The van der Waals surface area contributed by atoms with Crippen LogP contribution in [0, 0.1) is 6.92 Å². The Labute approximate surface area is 127 Å². The molecule has 0 atom stereocenters. The molecule has 0 radical (unpaired) electrons. The lowest BCUT2D eigenvalue weighted by molar-refractivity contribution is -0.116. The van der Waals surface area contributed by atoms with Gasteiger partial charge in [0.1, 0.15) is 0 Å². The lowest BCUT2D eigenvalue weighted by Crippen LogP contribution is -2.12. The van der Waals surface area contributed by atoms with Crippen LogP contribution in [0.2, 0.25) is 10.0 Å². The SMILES string of the molecule is Cc1c(CCC(=O)Nc2ccc(Cl)c(Cl)c2)cnn1C. The number of amides is 1. The van der Waals surface area contributed by atoms with E-state index in [0.29, 0.717) is 28.6 Å². The Bertz CT molecular complexity index is 637. The molecule has 1 aromatic carbocycles. The number of hydrogen-bond acceptors (Lipinski definition) is 2. The summed E-state index contributed by atoms with van der Waals surface area (Å²) in [5.41, 5.74) is 2.80. The predicted octanol–water partition coefficient (Wildman–Crippen LogP) is 3.61. The van der Waals surface area contributed by atoms with Gasteiger partial charge in [-0.1, -0.05) is 23.2 Å². The van der Waals surface area contributed by atoms with E-state index in [-0.39, 0.29) is 5.91 Å². The second-order valence-corrected chi connectivity index (χ2v) is 5.37. The van der Waals surface area contributed by atoms with E-state index in [1.165, 1.54) is 0 Å². The van der Waals surface area contributed by atoms with Gasteiger partial charge in [0.2, 0.25) is 5.91 Å². The highest BCUT2D eigenvalue weighted by atomic mass is 35.5. The van der Waals surface area contributed by atoms with Crippen molar-refractivity contribution in [2.75, 3.05) is 5.32 Å². The molecular weight excluding hydrogens is 297 g/mol. The first-order valence-corrected chi connectivity index (χ1v) is 6.95. The molecule has 20 heavy (non-hydrogen) atoms. The molecule has 1 aromatic heterocycles. The van der Waals surface area contributed by atoms with Crippen molar-refractivity contribution in [1.29, 1.82) is 0 Å². The summed E-state index contributed by atoms with van der Waals surface area (Å²) in [6.07, 6.45) is 2.85. The molecule has 1 amide bonds. The van der Waals surface area contributed by atoms with Crippen LogP contribution in [0.5, 0.6) is 0 Å². The zero-order valence-electron chi connectivity index (χ0n) is 11.3. The van der Waals surface area contributed by atoms with Gasteiger partial charge in [-0.05, 0) is 37.1 Å². The van der Waals surface area contributed by atoms with Crippen LogP contribution in [0.3, 0.4) is 0 Å². The summed E-state index contributed by atoms with van der Waals surface area (Å²) in [6.45, 7) is 1.99. The number of aryl methyl sites for hydroxylation is 2. The van der Waals surface area contributed by atoms with Crippen molar-refractivity contribution in [2.45, 2.75) is 19.8 Å². The smallest absolute Gasteiger partial charge is 0.224 e. The van der Waals surface area contributed by atoms with Crippen LogP contribution in [-0.4, -0.2) is 15.7 Å². The molecule has 0 aliphatic rings. The molecule has 1 heterocycles. The molecule has 106 valence electrons. The maximum Gasteiger partial charge on any atom is 0.224 e. The number of nitrogens with one attached hydrogen (secondary N) is 1. The Balaban J connectivity index is 1.92. The number of anilines is 1. The van der Waals surface area contributed by atoms with E-state index in [1.807, 2.05) is 14.0 Å². The molecule has 4 nitrogen and oxygen atoms in total. The molecule has 0 saturated heterocycles. The average molecular weight is 312 g/mol. The van der Waals surface area contributed by atoms with Gasteiger partial charge in [-0.3, -0.25) is 9.48 Å². The molecule has 0 aliphatic heterocycles. The van der Waals surface area contributed by atoms with Crippen molar-refractivity contribution in [1.82, 2.24) is 9.78 Å². The van der Waals surface area contributed by atoms with Crippen molar-refractivity contribution >= 4 is 34.8 Å². The van der Waals surface area contributed by atoms with Crippen molar-refractivity contribution in [3.63, 3.8) is 0 Å². The number of hydrogen-bond donors (Lipinski definition) is 1. The van der Waals surface area contributed by atoms with Crippen molar-refractivity contribution in [3.8, 4) is 0 Å². The molecule has 2 aromatic rings. The van der Waals surface area contributed by atoms with Gasteiger partial charge in [-0.25, -0.2) is 0 Å². The lowest BCUT2D eigenvalue weighted by Gasteiger charge is -2.06. The van der Waals surface area contributed by atoms with Crippen LogP contribution in [0.4, 0.5) is 5.69 Å². The minimum atomic E-state index is -0.0633. The Morgan fingerprint density at radius 1 is 1.35 bits per heavy atom. The zero-order valence-corrected chi connectivity index (χ0v) is 12.8. The molecule has 1 N–H and O–H groups in total. The minimum absolute atomic E-state index is 0.0633. The Hall–Kier alpha value is -1.52. The third-order valence-corrected chi connectivity index (χ3v) is 3.90. The fraction of sp³-hybridized carbons (Fsp3) is 0.286. The van der Waals surface area contributed by atoms with Gasteiger partial charge in [0.15, 0.2) is 0 Å². The number of carbonyl (C=O) groups is 1. The summed E-state index contributed by atoms with van der Waals surface area (Å²) < 4.78 is 1.80. The van der Waals surface area contributed by atoms with Crippen LogP contribution in [-0.2, 0) is 18.3 Å². The summed E-state index contributed by atoms with van der Waals surface area (Å²) in [4.78, 5) is 11.9.